The predicted molar refractivity (Wildman–Crippen MR) is 73.3 cm³/mol. The van der Waals surface area contributed by atoms with Gasteiger partial charge in [0, 0.05) is 24.5 Å². The zero-order valence-electron chi connectivity index (χ0n) is 9.58. The van der Waals surface area contributed by atoms with Crippen molar-refractivity contribution in [3.8, 4) is 0 Å². The highest BCUT2D eigenvalue weighted by Crippen LogP contribution is 2.20. The van der Waals surface area contributed by atoms with E-state index < -0.39 is 0 Å². The van der Waals surface area contributed by atoms with E-state index in [4.69, 9.17) is 0 Å². The summed E-state index contributed by atoms with van der Waals surface area (Å²) in [7, 11) is 0.712. The minimum Gasteiger partial charge on any atom is -0.378 e. The van der Waals surface area contributed by atoms with Gasteiger partial charge in [0.05, 0.1) is 0 Å². The minimum absolute atomic E-state index is 0.712. The highest BCUT2D eigenvalue weighted by Gasteiger charge is 2.22. The minimum atomic E-state index is 0.712. The quantitative estimate of drug-likeness (QED) is 0.742. The number of para-hydroxylation sites is 2. The number of anilines is 2. The van der Waals surface area contributed by atoms with Crippen LogP contribution in [0, 0.1) is 0 Å². The van der Waals surface area contributed by atoms with Gasteiger partial charge in [0.2, 0.25) is 0 Å². The molecule has 3 heteroatoms. The Balaban J connectivity index is 1.75. The monoisotopic (exact) mass is 238 g/mol. The van der Waals surface area contributed by atoms with Crippen LogP contribution < -0.4 is 9.13 Å². The van der Waals surface area contributed by atoms with Gasteiger partial charge in [0.1, 0.15) is 0 Å². The summed E-state index contributed by atoms with van der Waals surface area (Å²) in [4.78, 5) is 0. The number of nitrogens with zero attached hydrogens (tertiary/aromatic N) is 2. The van der Waals surface area contributed by atoms with Crippen LogP contribution in [-0.2, 0) is 0 Å². The van der Waals surface area contributed by atoms with E-state index in [-0.39, 0.29) is 0 Å². The van der Waals surface area contributed by atoms with Gasteiger partial charge < -0.3 is 9.13 Å². The molecule has 0 spiro atoms. The van der Waals surface area contributed by atoms with Gasteiger partial charge in [-0.25, -0.2) is 0 Å². The van der Waals surface area contributed by atoms with Crippen LogP contribution in [0.4, 0.5) is 11.4 Å². The van der Waals surface area contributed by atoms with Gasteiger partial charge in [-0.2, -0.15) is 0 Å². The van der Waals surface area contributed by atoms with Crippen molar-refractivity contribution in [3.63, 3.8) is 0 Å². The lowest BCUT2D eigenvalue weighted by molar-refractivity contribution is 1.02. The Hall–Kier alpha value is -1.74. The van der Waals surface area contributed by atoms with E-state index in [2.05, 4.69) is 69.8 Å². The third-order valence-corrected chi connectivity index (χ3v) is 4.37. The summed E-state index contributed by atoms with van der Waals surface area (Å²) in [5, 5.41) is 0. The highest BCUT2D eigenvalue weighted by atomic mass is 28.2. The molecule has 1 aliphatic heterocycles. The largest absolute Gasteiger partial charge is 0.378 e. The Morgan fingerprint density at radius 1 is 0.647 bits per heavy atom. The molecule has 0 saturated carbocycles. The lowest BCUT2D eigenvalue weighted by atomic mass is 10.3. The Labute approximate surface area is 104 Å². The van der Waals surface area contributed by atoms with Crippen LogP contribution in [0.3, 0.4) is 0 Å². The molecule has 1 fully saturated rings. The molecule has 3 rings (SSSR count). The molecule has 17 heavy (non-hydrogen) atoms. The van der Waals surface area contributed by atoms with Crippen molar-refractivity contribution in [3.05, 3.63) is 60.7 Å². The molecule has 1 saturated heterocycles. The Morgan fingerprint density at radius 2 is 1.06 bits per heavy atom. The third kappa shape index (κ3) is 2.19. The van der Waals surface area contributed by atoms with Gasteiger partial charge in [0.25, 0.3) is 0 Å². The van der Waals surface area contributed by atoms with E-state index in [1.807, 2.05) is 0 Å². The molecule has 2 radical (unpaired) electrons. The molecular weight excluding hydrogens is 224 g/mol. The molecule has 0 atom stereocenters. The maximum absolute atomic E-state index is 2.44. The van der Waals surface area contributed by atoms with E-state index in [0.29, 0.717) is 9.84 Å². The van der Waals surface area contributed by atoms with Crippen LogP contribution >= 0.6 is 0 Å². The van der Waals surface area contributed by atoms with Gasteiger partial charge >= 0.3 is 9.84 Å². The number of benzene rings is 2. The molecule has 2 aromatic carbocycles. The van der Waals surface area contributed by atoms with E-state index in [9.17, 15) is 0 Å². The van der Waals surface area contributed by atoms with Crippen molar-refractivity contribution in [1.82, 2.24) is 0 Å². The highest BCUT2D eigenvalue weighted by molar-refractivity contribution is 6.48. The third-order valence-electron chi connectivity index (χ3n) is 2.92. The van der Waals surface area contributed by atoms with Crippen LogP contribution in [0.1, 0.15) is 0 Å². The number of hydrogen-bond donors (Lipinski definition) is 0. The Kier molecular flexibility index (Phi) is 2.84. The first-order valence-electron chi connectivity index (χ1n) is 5.85. The van der Waals surface area contributed by atoms with Crippen LogP contribution in [0.5, 0.6) is 0 Å². The van der Waals surface area contributed by atoms with Crippen molar-refractivity contribution < 1.29 is 0 Å². The van der Waals surface area contributed by atoms with Crippen LogP contribution in [0.2, 0.25) is 0 Å². The van der Waals surface area contributed by atoms with Crippen molar-refractivity contribution in [2.24, 2.45) is 0 Å². The SMILES string of the molecule is c1ccc(N2CCN(c3ccccc3)[Si]2)cc1. The second-order valence-electron chi connectivity index (χ2n) is 4.07. The summed E-state index contributed by atoms with van der Waals surface area (Å²) < 4.78 is 4.88. The van der Waals surface area contributed by atoms with Crippen LogP contribution in [0.15, 0.2) is 60.7 Å². The molecule has 0 aromatic heterocycles. The molecule has 84 valence electrons. The first kappa shape index (κ1) is 10.4. The second-order valence-corrected chi connectivity index (χ2v) is 5.35. The molecular formula is C14H14N2Si. The van der Waals surface area contributed by atoms with Crippen molar-refractivity contribution in [2.75, 3.05) is 22.2 Å². The summed E-state index contributed by atoms with van der Waals surface area (Å²) in [6.45, 7) is 2.22. The second kappa shape index (κ2) is 4.63. The standard InChI is InChI=1S/C14H14N2Si/c1-3-7-13(8-4-1)15-11-12-16(17-15)14-9-5-2-6-10-14/h1-10H,11-12H2. The predicted octanol–water partition coefficient (Wildman–Crippen LogP) is 2.55. The average Bonchev–Trinajstić information content (AvgIpc) is 2.90. The average molecular weight is 238 g/mol. The lowest BCUT2D eigenvalue weighted by Crippen LogP contribution is -2.29. The first-order valence-corrected chi connectivity index (χ1v) is 6.74. The van der Waals surface area contributed by atoms with Gasteiger partial charge in [-0.15, -0.1) is 0 Å². The van der Waals surface area contributed by atoms with E-state index in [0.717, 1.165) is 13.1 Å². The van der Waals surface area contributed by atoms with E-state index in [1.54, 1.807) is 0 Å². The van der Waals surface area contributed by atoms with Crippen LogP contribution in [0.25, 0.3) is 0 Å². The fourth-order valence-electron chi connectivity index (χ4n) is 2.04. The van der Waals surface area contributed by atoms with Gasteiger partial charge in [0.15, 0.2) is 0 Å². The Bertz CT molecular complexity index is 427. The normalized spacial score (nSPS) is 15.3. The fraction of sp³-hybridized carbons (Fsp3) is 0.143. The lowest BCUT2D eigenvalue weighted by Gasteiger charge is -2.18. The first-order chi connectivity index (χ1) is 8.43. The summed E-state index contributed by atoms with van der Waals surface area (Å²) in [5.41, 5.74) is 2.65. The molecule has 1 heterocycles. The number of hydrogen-bond acceptors (Lipinski definition) is 2. The molecule has 0 aliphatic carbocycles. The van der Waals surface area contributed by atoms with Crippen LogP contribution in [-0.4, -0.2) is 22.9 Å². The zero-order valence-corrected chi connectivity index (χ0v) is 10.6. The summed E-state index contributed by atoms with van der Waals surface area (Å²) in [6.07, 6.45) is 0. The molecule has 0 unspecified atom stereocenters. The summed E-state index contributed by atoms with van der Waals surface area (Å²) in [6, 6.07) is 21.3. The summed E-state index contributed by atoms with van der Waals surface area (Å²) >= 11 is 0. The van der Waals surface area contributed by atoms with Gasteiger partial charge in [-0.1, -0.05) is 36.4 Å². The van der Waals surface area contributed by atoms with Crippen molar-refractivity contribution in [1.29, 1.82) is 0 Å². The molecule has 2 nitrogen and oxygen atoms in total. The molecule has 1 aliphatic rings. The van der Waals surface area contributed by atoms with Gasteiger partial charge in [-0.3, -0.25) is 0 Å². The zero-order chi connectivity index (χ0) is 11.5. The summed E-state index contributed by atoms with van der Waals surface area (Å²) in [5.74, 6) is 0. The molecule has 0 N–H and O–H groups in total. The topological polar surface area (TPSA) is 6.48 Å². The maximum atomic E-state index is 2.44. The molecule has 2 aromatic rings. The Morgan fingerprint density at radius 3 is 1.47 bits per heavy atom. The fourth-order valence-corrected chi connectivity index (χ4v) is 3.26. The van der Waals surface area contributed by atoms with Crippen molar-refractivity contribution in [2.45, 2.75) is 0 Å². The van der Waals surface area contributed by atoms with Crippen molar-refractivity contribution >= 4 is 21.2 Å². The number of rotatable bonds is 2. The smallest absolute Gasteiger partial charge is 0.332 e. The van der Waals surface area contributed by atoms with Gasteiger partial charge in [-0.05, 0) is 24.3 Å². The molecule has 0 amide bonds. The van der Waals surface area contributed by atoms with E-state index in [1.165, 1.54) is 11.4 Å². The molecule has 0 bridgehead atoms. The maximum Gasteiger partial charge on any atom is 0.332 e. The van der Waals surface area contributed by atoms with E-state index >= 15 is 0 Å².